The van der Waals surface area contributed by atoms with E-state index in [0.717, 1.165) is 34.2 Å². The monoisotopic (exact) mass is 418 g/mol. The lowest BCUT2D eigenvalue weighted by atomic mass is 10.0. The number of carbonyl (C=O) groups is 1. The molecule has 0 bridgehead atoms. The molecule has 0 aliphatic carbocycles. The molecule has 0 spiro atoms. The summed E-state index contributed by atoms with van der Waals surface area (Å²) in [5.41, 5.74) is 4.34. The Bertz CT molecular complexity index is 1060. The minimum absolute atomic E-state index is 0.0176. The second-order valence-electron chi connectivity index (χ2n) is 7.99. The largest absolute Gasteiger partial charge is 0.497 e. The summed E-state index contributed by atoms with van der Waals surface area (Å²) in [4.78, 5) is 14.4. The fourth-order valence-corrected chi connectivity index (χ4v) is 3.94. The minimum Gasteiger partial charge on any atom is -0.497 e. The summed E-state index contributed by atoms with van der Waals surface area (Å²) in [6.45, 7) is 3.24. The molecule has 4 rings (SSSR count). The molecule has 1 amide bonds. The molecule has 0 saturated carbocycles. The molecule has 1 aromatic heterocycles. The zero-order valence-electron chi connectivity index (χ0n) is 18.2. The number of rotatable bonds is 7. The van der Waals surface area contributed by atoms with E-state index in [0.29, 0.717) is 13.0 Å². The molecule has 31 heavy (non-hydrogen) atoms. The van der Waals surface area contributed by atoms with E-state index < -0.39 is 0 Å². The van der Waals surface area contributed by atoms with E-state index in [9.17, 15) is 4.79 Å². The molecule has 1 unspecified atom stereocenters. The van der Waals surface area contributed by atoms with Crippen LogP contribution in [0.15, 0.2) is 76.4 Å². The maximum absolute atomic E-state index is 13.3. The number of nitrogens with zero attached hydrogens (tertiary/aromatic N) is 2. The zero-order valence-corrected chi connectivity index (χ0v) is 18.2. The number of quaternary nitrogens is 1. The number of hydrogen-bond acceptors (Lipinski definition) is 4. The van der Waals surface area contributed by atoms with Crippen molar-refractivity contribution in [1.29, 1.82) is 0 Å². The van der Waals surface area contributed by atoms with E-state index in [2.05, 4.69) is 19.1 Å². The molecule has 6 nitrogen and oxygen atoms in total. The molecule has 160 valence electrons. The van der Waals surface area contributed by atoms with Gasteiger partial charge in [0, 0.05) is 12.0 Å². The quantitative estimate of drug-likeness (QED) is 0.642. The highest BCUT2D eigenvalue weighted by Crippen LogP contribution is 2.33. The second-order valence-corrected chi connectivity index (χ2v) is 7.99. The molecule has 2 heterocycles. The van der Waals surface area contributed by atoms with Gasteiger partial charge in [0.1, 0.15) is 24.1 Å². The molecule has 1 aliphatic heterocycles. The second kappa shape index (κ2) is 9.18. The number of amides is 1. The average Bonchev–Trinajstić information content (AvgIpc) is 3.45. The predicted molar refractivity (Wildman–Crippen MR) is 119 cm³/mol. The van der Waals surface area contributed by atoms with Crippen molar-refractivity contribution >= 4 is 11.6 Å². The zero-order chi connectivity index (χ0) is 21.8. The first-order valence-corrected chi connectivity index (χ1v) is 10.5. The van der Waals surface area contributed by atoms with Gasteiger partial charge in [0.15, 0.2) is 6.54 Å². The Morgan fingerprint density at radius 1 is 1.16 bits per heavy atom. The number of nitrogens with one attached hydrogen (secondary N) is 1. The lowest BCUT2D eigenvalue weighted by Gasteiger charge is -2.22. The maximum Gasteiger partial charge on any atom is 0.298 e. The van der Waals surface area contributed by atoms with E-state index in [1.54, 1.807) is 18.4 Å². The number of ether oxygens (including phenoxy) is 1. The lowest BCUT2D eigenvalue weighted by molar-refractivity contribution is -0.885. The van der Waals surface area contributed by atoms with Gasteiger partial charge >= 0.3 is 0 Å². The Kier molecular flexibility index (Phi) is 6.18. The van der Waals surface area contributed by atoms with Crippen LogP contribution in [0.4, 0.5) is 0 Å². The van der Waals surface area contributed by atoms with Crippen molar-refractivity contribution in [3.63, 3.8) is 0 Å². The van der Waals surface area contributed by atoms with Gasteiger partial charge in [0.2, 0.25) is 0 Å². The molecular weight excluding hydrogens is 390 g/mol. The van der Waals surface area contributed by atoms with Crippen LogP contribution >= 0.6 is 0 Å². The molecule has 1 N–H and O–H groups in total. The Hall–Kier alpha value is -3.38. The Balaban J connectivity index is 1.52. The number of furan rings is 1. The Labute approximate surface area is 182 Å². The molecule has 2 atom stereocenters. The third-order valence-corrected chi connectivity index (χ3v) is 5.67. The molecule has 6 heteroatoms. The van der Waals surface area contributed by atoms with Crippen molar-refractivity contribution in [2.45, 2.75) is 25.9 Å². The molecule has 3 aromatic rings. The van der Waals surface area contributed by atoms with Gasteiger partial charge in [-0.2, -0.15) is 5.10 Å². The van der Waals surface area contributed by atoms with Crippen molar-refractivity contribution in [3.8, 4) is 5.75 Å². The van der Waals surface area contributed by atoms with E-state index >= 15 is 0 Å². The van der Waals surface area contributed by atoms with Crippen molar-refractivity contribution in [1.82, 2.24) is 5.01 Å². The van der Waals surface area contributed by atoms with E-state index in [-0.39, 0.29) is 11.9 Å². The average molecular weight is 419 g/mol. The highest BCUT2D eigenvalue weighted by atomic mass is 16.5. The molecule has 0 saturated heterocycles. The van der Waals surface area contributed by atoms with E-state index in [1.807, 2.05) is 55.6 Å². The SMILES string of the molecule is COc1ccc(C2=NN(C(=O)C[NH+](C)Cc3ccccc3C)[C@H](c3ccco3)C2)cc1. The van der Waals surface area contributed by atoms with Gasteiger partial charge in [-0.1, -0.05) is 24.3 Å². The van der Waals surface area contributed by atoms with Gasteiger partial charge in [0.05, 0.1) is 26.1 Å². The third kappa shape index (κ3) is 4.70. The summed E-state index contributed by atoms with van der Waals surface area (Å²) in [6.07, 6.45) is 2.25. The first kappa shape index (κ1) is 20.9. The van der Waals surface area contributed by atoms with Gasteiger partial charge in [-0.3, -0.25) is 4.79 Å². The normalized spacial score (nSPS) is 16.8. The predicted octanol–water partition coefficient (Wildman–Crippen LogP) is 2.99. The number of aryl methyl sites for hydroxylation is 1. The number of likely N-dealkylation sites (N-methyl/N-ethyl adjacent to an activating group) is 1. The van der Waals surface area contributed by atoms with E-state index in [1.165, 1.54) is 11.1 Å². The van der Waals surface area contributed by atoms with Gasteiger partial charge in [-0.15, -0.1) is 0 Å². The fourth-order valence-electron chi connectivity index (χ4n) is 3.94. The van der Waals surface area contributed by atoms with Crippen LogP contribution < -0.4 is 9.64 Å². The van der Waals surface area contributed by atoms with Crippen LogP contribution in [0.5, 0.6) is 5.75 Å². The van der Waals surface area contributed by atoms with Crippen LogP contribution in [0.2, 0.25) is 0 Å². The molecule has 2 aromatic carbocycles. The van der Waals surface area contributed by atoms with Crippen LogP contribution in [-0.4, -0.2) is 37.3 Å². The van der Waals surface area contributed by atoms with Gasteiger partial charge in [-0.05, 0) is 54.4 Å². The number of hydrogen-bond donors (Lipinski definition) is 1. The first-order valence-electron chi connectivity index (χ1n) is 10.5. The van der Waals surface area contributed by atoms with Crippen LogP contribution in [-0.2, 0) is 11.3 Å². The number of hydrazone groups is 1. The van der Waals surface area contributed by atoms with Crippen LogP contribution in [0.3, 0.4) is 0 Å². The summed E-state index contributed by atoms with van der Waals surface area (Å²) >= 11 is 0. The van der Waals surface area contributed by atoms with Crippen LogP contribution in [0.1, 0.15) is 34.9 Å². The summed E-state index contributed by atoms with van der Waals surface area (Å²) in [5, 5.41) is 6.31. The molecule has 1 aliphatic rings. The minimum atomic E-state index is -0.231. The summed E-state index contributed by atoms with van der Waals surface area (Å²) < 4.78 is 10.9. The number of benzene rings is 2. The summed E-state index contributed by atoms with van der Waals surface area (Å²) in [7, 11) is 3.68. The topological polar surface area (TPSA) is 59.5 Å². The third-order valence-electron chi connectivity index (χ3n) is 5.67. The summed E-state index contributed by atoms with van der Waals surface area (Å²) in [5.74, 6) is 1.52. The van der Waals surface area contributed by atoms with Crippen molar-refractivity contribution in [2.75, 3.05) is 20.7 Å². The van der Waals surface area contributed by atoms with Crippen LogP contribution in [0.25, 0.3) is 0 Å². The lowest BCUT2D eigenvalue weighted by Crippen LogP contribution is -3.08. The van der Waals surface area contributed by atoms with E-state index in [4.69, 9.17) is 14.3 Å². The van der Waals surface area contributed by atoms with Crippen molar-refractivity contribution in [2.24, 2.45) is 5.10 Å². The van der Waals surface area contributed by atoms with Gasteiger partial charge in [0.25, 0.3) is 5.91 Å². The Morgan fingerprint density at radius 2 is 1.94 bits per heavy atom. The molecule has 0 fully saturated rings. The molecular formula is C25H28N3O3+. The number of methoxy groups -OCH3 is 1. The van der Waals surface area contributed by atoms with Gasteiger partial charge < -0.3 is 14.1 Å². The molecule has 0 radical (unpaired) electrons. The summed E-state index contributed by atoms with van der Waals surface area (Å²) in [6, 6.07) is 19.6. The highest BCUT2D eigenvalue weighted by Gasteiger charge is 2.36. The van der Waals surface area contributed by atoms with Crippen molar-refractivity contribution < 1.29 is 18.8 Å². The maximum atomic E-state index is 13.3. The van der Waals surface area contributed by atoms with Crippen molar-refractivity contribution in [3.05, 3.63) is 89.4 Å². The fraction of sp³-hybridized carbons (Fsp3) is 0.280. The first-order chi connectivity index (χ1) is 15.0. The standard InChI is InChI=1S/C25H27N3O3/c1-18-7-4-5-8-20(18)16-27(2)17-25(29)28-23(24-9-6-14-31-24)15-22(26-28)19-10-12-21(30-3)13-11-19/h4-14,23H,15-17H2,1-3H3/p+1/t23-/m0/s1. The highest BCUT2D eigenvalue weighted by molar-refractivity contribution is 6.03. The van der Waals surface area contributed by atoms with Crippen LogP contribution in [0, 0.1) is 6.92 Å². The Morgan fingerprint density at radius 3 is 2.61 bits per heavy atom. The van der Waals surface area contributed by atoms with Gasteiger partial charge in [-0.25, -0.2) is 5.01 Å². The smallest absolute Gasteiger partial charge is 0.298 e. The number of carbonyl (C=O) groups excluding carboxylic acids is 1.